The second-order valence-corrected chi connectivity index (χ2v) is 11.9. The largest absolute Gasteiger partial charge is 0.360 e. The second kappa shape index (κ2) is 12.8. The van der Waals surface area contributed by atoms with Gasteiger partial charge in [0, 0.05) is 70.4 Å². The smallest absolute Gasteiger partial charge is 0.251 e. The van der Waals surface area contributed by atoms with Crippen LogP contribution in [0, 0.1) is 0 Å². The van der Waals surface area contributed by atoms with E-state index in [1.807, 2.05) is 37.3 Å². The van der Waals surface area contributed by atoms with Crippen molar-refractivity contribution in [3.8, 4) is 11.3 Å². The quantitative estimate of drug-likeness (QED) is 0.180. The summed E-state index contributed by atoms with van der Waals surface area (Å²) in [7, 11) is 3.89. The van der Waals surface area contributed by atoms with Crippen molar-refractivity contribution in [2.24, 2.45) is 0 Å². The summed E-state index contributed by atoms with van der Waals surface area (Å²) < 4.78 is 0. The molecule has 2 aromatic heterocycles. The van der Waals surface area contributed by atoms with E-state index in [1.54, 1.807) is 24.3 Å². The number of rotatable bonds is 10. The van der Waals surface area contributed by atoms with Crippen LogP contribution >= 0.6 is 0 Å². The van der Waals surface area contributed by atoms with Crippen molar-refractivity contribution in [3.05, 3.63) is 84.2 Å². The minimum atomic E-state index is -0.195. The highest BCUT2D eigenvalue weighted by Gasteiger charge is 2.30. The molecule has 0 saturated heterocycles. The Morgan fingerprint density at radius 3 is 2.60 bits per heavy atom. The molecule has 2 aliphatic carbocycles. The van der Waals surface area contributed by atoms with Gasteiger partial charge in [0.15, 0.2) is 0 Å². The summed E-state index contributed by atoms with van der Waals surface area (Å²) in [5, 5.41) is 10.8. The van der Waals surface area contributed by atoms with E-state index < -0.39 is 0 Å². The Labute approximate surface area is 252 Å². The molecule has 0 aliphatic heterocycles. The van der Waals surface area contributed by atoms with Gasteiger partial charge in [-0.2, -0.15) is 0 Å². The highest BCUT2D eigenvalue weighted by Crippen LogP contribution is 2.45. The Morgan fingerprint density at radius 1 is 1.02 bits per heavy atom. The monoisotopic (exact) mass is 577 g/mol. The molecule has 0 spiro atoms. The first-order valence-corrected chi connectivity index (χ1v) is 15.2. The zero-order valence-electron chi connectivity index (χ0n) is 24.8. The molecule has 43 heavy (non-hydrogen) atoms. The highest BCUT2D eigenvalue weighted by molar-refractivity contribution is 6.00. The summed E-state index contributed by atoms with van der Waals surface area (Å²) in [5.74, 6) is 0.860. The van der Waals surface area contributed by atoms with Crippen LogP contribution in [0.3, 0.4) is 0 Å². The molecular formula is C34H39N7O2. The van der Waals surface area contributed by atoms with E-state index in [-0.39, 0.29) is 23.9 Å². The van der Waals surface area contributed by atoms with Gasteiger partial charge in [-0.05, 0) is 88.9 Å². The molecule has 2 saturated carbocycles. The van der Waals surface area contributed by atoms with Crippen molar-refractivity contribution in [2.75, 3.05) is 31.3 Å². The van der Waals surface area contributed by atoms with Crippen LogP contribution in [0.1, 0.15) is 60.4 Å². The highest BCUT2D eigenvalue weighted by atomic mass is 16.2. The lowest BCUT2D eigenvalue weighted by molar-refractivity contribution is -0.111. The average Bonchev–Trinajstić information content (AvgIpc) is 3.75. The lowest BCUT2D eigenvalue weighted by Gasteiger charge is -2.30. The van der Waals surface area contributed by atoms with E-state index in [0.717, 1.165) is 42.5 Å². The summed E-state index contributed by atoms with van der Waals surface area (Å²) in [4.78, 5) is 40.3. The minimum Gasteiger partial charge on any atom is -0.360 e. The maximum Gasteiger partial charge on any atom is 0.251 e. The number of likely N-dealkylation sites (N-methyl/N-ethyl adjacent to an activating group) is 1. The summed E-state index contributed by atoms with van der Waals surface area (Å²) in [6.45, 7) is 0.690. The Kier molecular flexibility index (Phi) is 8.51. The molecule has 0 radical (unpaired) electrons. The number of benzene rings is 2. The summed E-state index contributed by atoms with van der Waals surface area (Å²) in [6, 6.07) is 15.5. The van der Waals surface area contributed by atoms with Gasteiger partial charge in [-0.15, -0.1) is 0 Å². The number of fused-ring (bicyclic) bond motifs is 1. The molecule has 222 valence electrons. The zero-order chi connectivity index (χ0) is 29.8. The summed E-state index contributed by atoms with van der Waals surface area (Å²) >= 11 is 0. The predicted molar refractivity (Wildman–Crippen MR) is 171 cm³/mol. The van der Waals surface area contributed by atoms with Crippen LogP contribution in [0.15, 0.2) is 73.1 Å². The first-order valence-electron chi connectivity index (χ1n) is 15.2. The number of aromatic nitrogens is 3. The Bertz CT molecular complexity index is 1620. The van der Waals surface area contributed by atoms with Crippen molar-refractivity contribution < 1.29 is 9.59 Å². The molecule has 0 unspecified atom stereocenters. The fraction of sp³-hybridized carbons (Fsp3) is 0.353. The van der Waals surface area contributed by atoms with E-state index in [0.29, 0.717) is 29.7 Å². The normalized spacial score (nSPS) is 18.7. The molecule has 4 aromatic rings. The SMILES string of the molecule is CN(C)C/C=C/C(=O)Nc1ccc(C(=O)N[C@H]2CCC[C@@H](Nc3ncc(C4CC4)c(-c4c[nH]c5ccccc45)n3)C2)cc1. The van der Waals surface area contributed by atoms with Crippen molar-refractivity contribution in [1.29, 1.82) is 0 Å². The number of nitrogens with zero attached hydrogens (tertiary/aromatic N) is 3. The molecule has 2 aromatic carbocycles. The Balaban J connectivity index is 1.07. The molecule has 2 fully saturated rings. The van der Waals surface area contributed by atoms with Crippen molar-refractivity contribution >= 4 is 34.4 Å². The molecule has 4 N–H and O–H groups in total. The number of anilines is 2. The Hall–Kier alpha value is -4.50. The molecular weight excluding hydrogens is 538 g/mol. The topological polar surface area (TPSA) is 115 Å². The van der Waals surface area contributed by atoms with Gasteiger partial charge >= 0.3 is 0 Å². The minimum absolute atomic E-state index is 0.0544. The van der Waals surface area contributed by atoms with Crippen molar-refractivity contribution in [2.45, 2.75) is 56.5 Å². The van der Waals surface area contributed by atoms with Crippen LogP contribution in [0.2, 0.25) is 0 Å². The first kappa shape index (κ1) is 28.6. The van der Waals surface area contributed by atoms with E-state index in [1.165, 1.54) is 29.9 Å². The number of aromatic amines is 1. The van der Waals surface area contributed by atoms with Gasteiger partial charge in [-0.25, -0.2) is 9.97 Å². The van der Waals surface area contributed by atoms with Gasteiger partial charge in [-0.1, -0.05) is 24.3 Å². The maximum atomic E-state index is 13.0. The van der Waals surface area contributed by atoms with Gasteiger partial charge in [0.2, 0.25) is 11.9 Å². The van der Waals surface area contributed by atoms with Gasteiger partial charge < -0.3 is 25.8 Å². The van der Waals surface area contributed by atoms with Crippen LogP contribution in [0.4, 0.5) is 11.6 Å². The van der Waals surface area contributed by atoms with Crippen LogP contribution in [0.25, 0.3) is 22.2 Å². The summed E-state index contributed by atoms with van der Waals surface area (Å²) in [6.07, 6.45) is 13.5. The molecule has 2 aliphatic rings. The van der Waals surface area contributed by atoms with Crippen LogP contribution in [-0.4, -0.2) is 64.4 Å². The van der Waals surface area contributed by atoms with Crippen molar-refractivity contribution in [3.63, 3.8) is 0 Å². The third kappa shape index (κ3) is 7.11. The number of hydrogen-bond donors (Lipinski definition) is 4. The van der Waals surface area contributed by atoms with Gasteiger partial charge in [-0.3, -0.25) is 9.59 Å². The number of H-pyrrole nitrogens is 1. The number of nitrogens with one attached hydrogen (secondary N) is 4. The summed E-state index contributed by atoms with van der Waals surface area (Å²) in [5.41, 5.74) is 5.66. The zero-order valence-corrected chi connectivity index (χ0v) is 24.8. The van der Waals surface area contributed by atoms with E-state index in [9.17, 15) is 9.59 Å². The maximum absolute atomic E-state index is 13.0. The van der Waals surface area contributed by atoms with Gasteiger partial charge in [0.25, 0.3) is 5.91 Å². The van der Waals surface area contributed by atoms with Gasteiger partial charge in [0.05, 0.1) is 5.69 Å². The van der Waals surface area contributed by atoms with E-state index >= 15 is 0 Å². The van der Waals surface area contributed by atoms with E-state index in [4.69, 9.17) is 9.97 Å². The van der Waals surface area contributed by atoms with E-state index in [2.05, 4.69) is 45.3 Å². The molecule has 2 amide bonds. The molecule has 9 nitrogen and oxygen atoms in total. The second-order valence-electron chi connectivity index (χ2n) is 11.9. The molecule has 0 bridgehead atoms. The fourth-order valence-electron chi connectivity index (χ4n) is 5.80. The third-order valence-corrected chi connectivity index (χ3v) is 8.18. The fourth-order valence-corrected chi connectivity index (χ4v) is 5.80. The number of para-hydroxylation sites is 1. The molecule has 2 heterocycles. The standard InChI is InChI=1S/C34H39N7O2/c1-41(2)18-6-11-31(42)37-24-16-14-23(15-17-24)33(43)38-25-7-5-8-26(19-25)39-34-36-20-28(22-12-13-22)32(40-34)29-21-35-30-10-4-3-9-27(29)30/h3-4,6,9-11,14-17,20-22,25-26,35H,5,7-8,12-13,18-19H2,1-2H3,(H,37,42)(H,38,43)(H,36,39,40)/b11-6+/t25-,26+/m0/s1. The molecule has 6 rings (SSSR count). The van der Waals surface area contributed by atoms with Crippen LogP contribution in [-0.2, 0) is 4.79 Å². The number of hydrogen-bond acceptors (Lipinski definition) is 6. The number of amides is 2. The van der Waals surface area contributed by atoms with Gasteiger partial charge in [0.1, 0.15) is 0 Å². The third-order valence-electron chi connectivity index (χ3n) is 8.18. The lowest BCUT2D eigenvalue weighted by Crippen LogP contribution is -2.42. The first-order chi connectivity index (χ1) is 20.9. The number of carbonyl (C=O) groups is 2. The van der Waals surface area contributed by atoms with Crippen molar-refractivity contribution in [1.82, 2.24) is 25.2 Å². The lowest BCUT2D eigenvalue weighted by atomic mass is 9.91. The molecule has 9 heteroatoms. The average molecular weight is 578 g/mol. The van der Waals surface area contributed by atoms with Crippen LogP contribution < -0.4 is 16.0 Å². The number of carbonyl (C=O) groups excluding carboxylic acids is 2. The Morgan fingerprint density at radius 2 is 1.81 bits per heavy atom. The molecule has 2 atom stereocenters. The predicted octanol–water partition coefficient (Wildman–Crippen LogP) is 5.71. The van der Waals surface area contributed by atoms with Crippen LogP contribution in [0.5, 0.6) is 0 Å².